The fourth-order valence-corrected chi connectivity index (χ4v) is 2.55. The molecule has 1 amide bonds. The average Bonchev–Trinajstić information content (AvgIpc) is 2.52. The lowest BCUT2D eigenvalue weighted by molar-refractivity contribution is -0.114. The van der Waals surface area contributed by atoms with E-state index >= 15 is 0 Å². The molecule has 0 spiro atoms. The zero-order chi connectivity index (χ0) is 11.8. The van der Waals surface area contributed by atoms with Crippen molar-refractivity contribution in [3.8, 4) is 5.75 Å². The molecule has 0 aromatic heterocycles. The Hall–Kier alpha value is -1.82. The Balaban J connectivity index is 2.45. The van der Waals surface area contributed by atoms with Gasteiger partial charge in [-0.15, -0.1) is 0 Å². The van der Waals surface area contributed by atoms with Gasteiger partial charge >= 0.3 is 0 Å². The molecule has 0 saturated heterocycles. The molecule has 0 radical (unpaired) electrons. The lowest BCUT2D eigenvalue weighted by atomic mass is 10.2. The van der Waals surface area contributed by atoms with Crippen molar-refractivity contribution in [2.24, 2.45) is 0 Å². The summed E-state index contributed by atoms with van der Waals surface area (Å²) in [7, 11) is -2.17. The van der Waals surface area contributed by atoms with Gasteiger partial charge in [0.1, 0.15) is 10.7 Å². The van der Waals surface area contributed by atoms with Crippen molar-refractivity contribution in [2.45, 2.75) is 0 Å². The van der Waals surface area contributed by atoms with Gasteiger partial charge in [-0.2, -0.15) is 0 Å². The summed E-state index contributed by atoms with van der Waals surface area (Å²) < 4.78 is 29.8. The van der Waals surface area contributed by atoms with E-state index in [1.807, 2.05) is 4.72 Å². The molecule has 1 aromatic carbocycles. The lowest BCUT2D eigenvalue weighted by Gasteiger charge is -2.03. The largest absolute Gasteiger partial charge is 0.497 e. The third-order valence-electron chi connectivity index (χ3n) is 2.16. The van der Waals surface area contributed by atoms with Crippen LogP contribution in [0.3, 0.4) is 0 Å². The first-order valence-corrected chi connectivity index (χ1v) is 5.94. The minimum atomic E-state index is -3.69. The molecule has 6 heteroatoms. The molecular formula is C10H9NO4S. The summed E-state index contributed by atoms with van der Waals surface area (Å²) in [5.41, 5.74) is 0.458. The van der Waals surface area contributed by atoms with Gasteiger partial charge < -0.3 is 4.74 Å². The van der Waals surface area contributed by atoms with Crippen LogP contribution < -0.4 is 9.46 Å². The second kappa shape index (κ2) is 3.64. The van der Waals surface area contributed by atoms with Gasteiger partial charge in [0, 0.05) is 6.08 Å². The molecule has 5 nitrogen and oxygen atoms in total. The van der Waals surface area contributed by atoms with E-state index in [1.165, 1.54) is 7.11 Å². The molecule has 0 bridgehead atoms. The molecule has 1 N–H and O–H groups in total. The summed E-state index contributed by atoms with van der Waals surface area (Å²) in [6.45, 7) is 0. The van der Waals surface area contributed by atoms with Crippen LogP contribution in [0.1, 0.15) is 5.56 Å². The number of hydrogen-bond acceptors (Lipinski definition) is 4. The summed E-state index contributed by atoms with van der Waals surface area (Å²) in [6, 6.07) is 6.44. The van der Waals surface area contributed by atoms with Crippen molar-refractivity contribution < 1.29 is 17.9 Å². The lowest BCUT2D eigenvalue weighted by Crippen LogP contribution is -2.22. The van der Waals surface area contributed by atoms with Gasteiger partial charge in [-0.25, -0.2) is 13.1 Å². The fraction of sp³-hybridized carbons (Fsp3) is 0.100. The van der Waals surface area contributed by atoms with Gasteiger partial charge in [-0.1, -0.05) is 0 Å². The maximum Gasteiger partial charge on any atom is 0.265 e. The molecule has 1 aliphatic heterocycles. The number of benzene rings is 1. The van der Waals surface area contributed by atoms with Crippen molar-refractivity contribution >= 4 is 20.8 Å². The Kier molecular flexibility index (Phi) is 2.43. The highest BCUT2D eigenvalue weighted by Gasteiger charge is 2.28. The van der Waals surface area contributed by atoms with Crippen LogP contribution in [0, 0.1) is 0 Å². The Morgan fingerprint density at radius 1 is 1.19 bits per heavy atom. The van der Waals surface area contributed by atoms with Gasteiger partial charge in [-0.05, 0) is 29.8 Å². The molecule has 0 atom stereocenters. The van der Waals surface area contributed by atoms with Crippen LogP contribution in [0.4, 0.5) is 0 Å². The number of rotatable bonds is 2. The van der Waals surface area contributed by atoms with Crippen LogP contribution >= 0.6 is 0 Å². The number of methoxy groups -OCH3 is 1. The van der Waals surface area contributed by atoms with E-state index in [0.717, 1.165) is 6.08 Å². The fourth-order valence-electron chi connectivity index (χ4n) is 1.41. The van der Waals surface area contributed by atoms with E-state index < -0.39 is 15.9 Å². The van der Waals surface area contributed by atoms with Crippen LogP contribution in [0.2, 0.25) is 0 Å². The highest BCUT2D eigenvalue weighted by molar-refractivity contribution is 7.99. The molecule has 1 heterocycles. The van der Waals surface area contributed by atoms with Gasteiger partial charge in [0.25, 0.3) is 15.9 Å². The monoisotopic (exact) mass is 239 g/mol. The minimum absolute atomic E-state index is 0.0137. The van der Waals surface area contributed by atoms with Crippen LogP contribution in [0.25, 0.3) is 4.91 Å². The molecule has 0 saturated carbocycles. The number of amides is 1. The van der Waals surface area contributed by atoms with E-state index in [4.69, 9.17) is 4.74 Å². The second-order valence-corrected chi connectivity index (χ2v) is 4.86. The number of hydrogen-bond donors (Lipinski definition) is 1. The Bertz CT molecular complexity index is 557. The standard InChI is InChI=1S/C10H9NO4S/c1-15-8-4-2-7(3-5-8)9-6-10(12)11-16(9,13)14/h2-6H,1H3,(H,11,12). The van der Waals surface area contributed by atoms with Crippen LogP contribution in [0.5, 0.6) is 5.75 Å². The van der Waals surface area contributed by atoms with E-state index in [9.17, 15) is 13.2 Å². The topological polar surface area (TPSA) is 72.5 Å². The number of nitrogens with one attached hydrogen (secondary N) is 1. The SMILES string of the molecule is COc1ccc(C2=CC(=O)NS2(=O)=O)cc1. The summed E-state index contributed by atoms with van der Waals surface area (Å²) in [5, 5.41) is 0. The normalized spacial score (nSPS) is 17.8. The number of ether oxygens (including phenoxy) is 1. The Morgan fingerprint density at radius 3 is 2.25 bits per heavy atom. The van der Waals surface area contributed by atoms with E-state index in [0.29, 0.717) is 11.3 Å². The predicted molar refractivity (Wildman–Crippen MR) is 58.0 cm³/mol. The number of carbonyl (C=O) groups excluding carboxylic acids is 1. The summed E-state index contributed by atoms with van der Waals surface area (Å²) in [5.74, 6) is 0.00449. The number of sulfonamides is 1. The zero-order valence-corrected chi connectivity index (χ0v) is 9.24. The summed E-state index contributed by atoms with van der Waals surface area (Å²) in [4.78, 5) is 11.0. The van der Waals surface area contributed by atoms with Crippen molar-refractivity contribution in [3.05, 3.63) is 35.9 Å². The molecule has 16 heavy (non-hydrogen) atoms. The third-order valence-corrected chi connectivity index (χ3v) is 3.56. The maximum atomic E-state index is 11.5. The Morgan fingerprint density at radius 2 is 1.81 bits per heavy atom. The highest BCUT2D eigenvalue weighted by Crippen LogP contribution is 2.25. The third kappa shape index (κ3) is 1.79. The van der Waals surface area contributed by atoms with Gasteiger partial charge in [-0.3, -0.25) is 4.79 Å². The Labute approximate surface area is 92.8 Å². The minimum Gasteiger partial charge on any atom is -0.497 e. The van der Waals surface area contributed by atoms with Crippen molar-refractivity contribution in [2.75, 3.05) is 7.11 Å². The molecule has 0 aliphatic carbocycles. The highest BCUT2D eigenvalue weighted by atomic mass is 32.2. The molecule has 84 valence electrons. The zero-order valence-electron chi connectivity index (χ0n) is 8.43. The second-order valence-electron chi connectivity index (χ2n) is 3.21. The van der Waals surface area contributed by atoms with E-state index in [-0.39, 0.29) is 4.91 Å². The molecule has 0 unspecified atom stereocenters. The number of carbonyl (C=O) groups is 1. The summed E-state index contributed by atoms with van der Waals surface area (Å²) >= 11 is 0. The quantitative estimate of drug-likeness (QED) is 0.815. The predicted octanol–water partition coefficient (Wildman–Crippen LogP) is 0.496. The van der Waals surface area contributed by atoms with Gasteiger partial charge in [0.15, 0.2) is 0 Å². The molecule has 2 rings (SSSR count). The maximum absolute atomic E-state index is 11.5. The summed E-state index contributed by atoms with van der Waals surface area (Å²) in [6.07, 6.45) is 1.07. The van der Waals surface area contributed by atoms with Gasteiger partial charge in [0.05, 0.1) is 7.11 Å². The van der Waals surface area contributed by atoms with Crippen LogP contribution in [-0.2, 0) is 14.8 Å². The van der Waals surface area contributed by atoms with E-state index in [2.05, 4.69) is 0 Å². The average molecular weight is 239 g/mol. The first-order valence-electron chi connectivity index (χ1n) is 4.46. The van der Waals surface area contributed by atoms with Crippen molar-refractivity contribution in [1.29, 1.82) is 0 Å². The first kappa shape index (κ1) is 10.7. The molecule has 1 aromatic rings. The first-order chi connectivity index (χ1) is 7.53. The molecule has 0 fully saturated rings. The molecule has 1 aliphatic rings. The van der Waals surface area contributed by atoms with Crippen LogP contribution in [0.15, 0.2) is 30.3 Å². The van der Waals surface area contributed by atoms with E-state index in [1.54, 1.807) is 24.3 Å². The molecular weight excluding hydrogens is 230 g/mol. The van der Waals surface area contributed by atoms with Crippen molar-refractivity contribution in [3.63, 3.8) is 0 Å². The van der Waals surface area contributed by atoms with Crippen molar-refractivity contribution in [1.82, 2.24) is 4.72 Å². The smallest absolute Gasteiger partial charge is 0.265 e. The van der Waals surface area contributed by atoms with Gasteiger partial charge in [0.2, 0.25) is 0 Å². The van der Waals surface area contributed by atoms with Crippen LogP contribution in [-0.4, -0.2) is 21.4 Å².